The second-order valence-electron chi connectivity index (χ2n) is 3.42. The molecule has 0 atom stereocenters. The van der Waals surface area contributed by atoms with Gasteiger partial charge in [0.2, 0.25) is 5.91 Å². The average molecular weight is 221 g/mol. The van der Waals surface area contributed by atoms with Gasteiger partial charge in [0, 0.05) is 11.3 Å². The van der Waals surface area contributed by atoms with Gasteiger partial charge in [-0.3, -0.25) is 9.59 Å². The van der Waals surface area contributed by atoms with Crippen LogP contribution in [0.2, 0.25) is 0 Å². The van der Waals surface area contributed by atoms with E-state index in [0.717, 1.165) is 5.56 Å². The smallest absolute Gasteiger partial charge is 0.251 e. The molecule has 1 aromatic carbocycles. The Bertz CT molecular complexity index is 416. The lowest BCUT2D eigenvalue weighted by atomic mass is 10.0. The third-order valence-electron chi connectivity index (χ3n) is 2.18. The van der Waals surface area contributed by atoms with E-state index in [4.69, 9.17) is 11.5 Å². The highest BCUT2D eigenvalue weighted by atomic mass is 16.2. The Labute approximate surface area is 93.8 Å². The predicted octanol–water partition coefficient (Wildman–Crippen LogP) is 0.0463. The molecule has 5 heteroatoms. The first-order valence-electron chi connectivity index (χ1n) is 4.99. The molecule has 5 N–H and O–H groups in total. The molecule has 0 spiro atoms. The van der Waals surface area contributed by atoms with Gasteiger partial charge in [0.15, 0.2) is 0 Å². The molecule has 0 heterocycles. The molecule has 0 aliphatic carbocycles. The lowest BCUT2D eigenvalue weighted by Gasteiger charge is -2.08. The molecule has 0 fully saturated rings. The van der Waals surface area contributed by atoms with E-state index < -0.39 is 5.91 Å². The second-order valence-corrected chi connectivity index (χ2v) is 3.42. The van der Waals surface area contributed by atoms with Crippen molar-refractivity contribution in [1.82, 2.24) is 5.32 Å². The van der Waals surface area contributed by atoms with E-state index in [-0.39, 0.29) is 12.5 Å². The van der Waals surface area contributed by atoms with Crippen LogP contribution in [-0.2, 0) is 11.2 Å². The molecule has 1 aromatic rings. The number of anilines is 1. The Hall–Kier alpha value is -2.04. The number of aryl methyl sites for hydroxylation is 1. The van der Waals surface area contributed by atoms with Crippen LogP contribution in [0.15, 0.2) is 18.2 Å². The van der Waals surface area contributed by atoms with Crippen molar-refractivity contribution in [2.24, 2.45) is 5.73 Å². The highest BCUT2D eigenvalue weighted by Gasteiger charge is 2.10. The van der Waals surface area contributed by atoms with E-state index in [0.29, 0.717) is 17.7 Å². The van der Waals surface area contributed by atoms with Crippen LogP contribution < -0.4 is 16.8 Å². The summed E-state index contributed by atoms with van der Waals surface area (Å²) in [6.07, 6.45) is 0.699. The molecular weight excluding hydrogens is 206 g/mol. The summed E-state index contributed by atoms with van der Waals surface area (Å²) in [7, 11) is 0. The van der Waals surface area contributed by atoms with Crippen LogP contribution >= 0.6 is 0 Å². The lowest BCUT2D eigenvalue weighted by molar-refractivity contribution is -0.117. The van der Waals surface area contributed by atoms with Crippen molar-refractivity contribution in [3.63, 3.8) is 0 Å². The molecule has 1 rings (SSSR count). The number of nitrogen functional groups attached to an aromatic ring is 1. The maximum Gasteiger partial charge on any atom is 0.251 e. The van der Waals surface area contributed by atoms with Gasteiger partial charge in [-0.05, 0) is 30.2 Å². The maximum absolute atomic E-state index is 11.7. The highest BCUT2D eigenvalue weighted by Crippen LogP contribution is 2.14. The van der Waals surface area contributed by atoms with Gasteiger partial charge in [-0.15, -0.1) is 0 Å². The first-order valence-corrected chi connectivity index (χ1v) is 4.99. The van der Waals surface area contributed by atoms with E-state index in [1.165, 1.54) is 0 Å². The molecule has 0 aromatic heterocycles. The van der Waals surface area contributed by atoms with E-state index in [1.807, 2.05) is 6.92 Å². The summed E-state index contributed by atoms with van der Waals surface area (Å²) in [4.78, 5) is 22.2. The highest BCUT2D eigenvalue weighted by molar-refractivity contribution is 5.97. The Kier molecular flexibility index (Phi) is 3.88. The van der Waals surface area contributed by atoms with Crippen LogP contribution in [0, 0.1) is 0 Å². The fraction of sp³-hybridized carbons (Fsp3) is 0.273. The molecule has 5 nitrogen and oxygen atoms in total. The number of hydrogen-bond donors (Lipinski definition) is 3. The summed E-state index contributed by atoms with van der Waals surface area (Å²) >= 11 is 0. The van der Waals surface area contributed by atoms with Crippen LogP contribution in [-0.4, -0.2) is 18.4 Å². The number of amides is 2. The summed E-state index contributed by atoms with van der Waals surface area (Å²) in [6, 6.07) is 5.04. The van der Waals surface area contributed by atoms with Crippen molar-refractivity contribution in [2.75, 3.05) is 12.3 Å². The van der Waals surface area contributed by atoms with E-state index in [9.17, 15) is 9.59 Å². The van der Waals surface area contributed by atoms with Crippen molar-refractivity contribution in [3.8, 4) is 0 Å². The van der Waals surface area contributed by atoms with Crippen LogP contribution in [0.25, 0.3) is 0 Å². The zero-order valence-electron chi connectivity index (χ0n) is 9.12. The number of primary amides is 1. The number of carbonyl (C=O) groups excluding carboxylic acids is 2. The molecule has 0 saturated carbocycles. The third kappa shape index (κ3) is 2.98. The second kappa shape index (κ2) is 5.16. The molecule has 0 bridgehead atoms. The van der Waals surface area contributed by atoms with Crippen LogP contribution in [0.1, 0.15) is 22.8 Å². The number of hydrogen-bond acceptors (Lipinski definition) is 3. The summed E-state index contributed by atoms with van der Waals surface area (Å²) < 4.78 is 0. The Balaban J connectivity index is 2.86. The minimum Gasteiger partial charge on any atom is -0.399 e. The molecule has 0 saturated heterocycles. The Morgan fingerprint density at radius 1 is 1.38 bits per heavy atom. The summed E-state index contributed by atoms with van der Waals surface area (Å²) in [6.45, 7) is 1.77. The first kappa shape index (κ1) is 12.0. The largest absolute Gasteiger partial charge is 0.399 e. The first-order chi connectivity index (χ1) is 7.54. The van der Waals surface area contributed by atoms with E-state index in [2.05, 4.69) is 5.32 Å². The van der Waals surface area contributed by atoms with Gasteiger partial charge < -0.3 is 16.8 Å². The molecule has 0 aliphatic heterocycles. The van der Waals surface area contributed by atoms with Crippen molar-refractivity contribution >= 4 is 17.5 Å². The lowest BCUT2D eigenvalue weighted by Crippen LogP contribution is -2.33. The zero-order valence-corrected chi connectivity index (χ0v) is 9.12. The number of benzene rings is 1. The molecule has 0 aliphatic rings. The predicted molar refractivity (Wildman–Crippen MR) is 61.8 cm³/mol. The number of carbonyl (C=O) groups is 2. The molecule has 2 amide bonds. The normalized spacial score (nSPS) is 9.81. The van der Waals surface area contributed by atoms with Gasteiger partial charge in [0.25, 0.3) is 5.91 Å². The molecular formula is C11H15N3O2. The number of nitrogens with one attached hydrogen (secondary N) is 1. The summed E-state index contributed by atoms with van der Waals surface area (Å²) in [5.74, 6) is -0.877. The van der Waals surface area contributed by atoms with Crippen molar-refractivity contribution < 1.29 is 9.59 Å². The van der Waals surface area contributed by atoms with Gasteiger partial charge in [0.05, 0.1) is 6.54 Å². The minimum atomic E-state index is -0.568. The van der Waals surface area contributed by atoms with Gasteiger partial charge in [0.1, 0.15) is 0 Å². The SMILES string of the molecule is CCc1cc(N)ccc1C(=O)NCC(N)=O. The standard InChI is InChI=1S/C11H15N3O2/c1-2-7-5-8(12)3-4-9(7)11(16)14-6-10(13)15/h3-5H,2,6,12H2,1H3,(H2,13,15)(H,14,16). The van der Waals surface area contributed by atoms with Crippen molar-refractivity contribution in [3.05, 3.63) is 29.3 Å². The monoisotopic (exact) mass is 221 g/mol. The quantitative estimate of drug-likeness (QED) is 0.626. The maximum atomic E-state index is 11.7. The Morgan fingerprint density at radius 3 is 2.62 bits per heavy atom. The van der Waals surface area contributed by atoms with Gasteiger partial charge in [-0.1, -0.05) is 6.92 Å². The van der Waals surface area contributed by atoms with Crippen LogP contribution in [0.3, 0.4) is 0 Å². The minimum absolute atomic E-state index is 0.160. The average Bonchev–Trinajstić information content (AvgIpc) is 2.25. The van der Waals surface area contributed by atoms with Gasteiger partial charge >= 0.3 is 0 Å². The Morgan fingerprint density at radius 2 is 2.06 bits per heavy atom. The molecule has 86 valence electrons. The van der Waals surface area contributed by atoms with Gasteiger partial charge in [-0.25, -0.2) is 0 Å². The molecule has 16 heavy (non-hydrogen) atoms. The van der Waals surface area contributed by atoms with E-state index >= 15 is 0 Å². The summed E-state index contributed by atoms with van der Waals surface area (Å²) in [5, 5.41) is 2.44. The van der Waals surface area contributed by atoms with Crippen LogP contribution in [0.4, 0.5) is 5.69 Å². The third-order valence-corrected chi connectivity index (χ3v) is 2.18. The van der Waals surface area contributed by atoms with E-state index in [1.54, 1.807) is 18.2 Å². The van der Waals surface area contributed by atoms with Crippen LogP contribution in [0.5, 0.6) is 0 Å². The fourth-order valence-electron chi connectivity index (χ4n) is 1.39. The van der Waals surface area contributed by atoms with Gasteiger partial charge in [-0.2, -0.15) is 0 Å². The summed E-state index contributed by atoms with van der Waals surface area (Å²) in [5.41, 5.74) is 12.5. The fourth-order valence-corrected chi connectivity index (χ4v) is 1.39. The zero-order chi connectivity index (χ0) is 12.1. The topological polar surface area (TPSA) is 98.2 Å². The van der Waals surface area contributed by atoms with Crippen molar-refractivity contribution in [1.29, 1.82) is 0 Å². The van der Waals surface area contributed by atoms with Crippen molar-refractivity contribution in [2.45, 2.75) is 13.3 Å². The number of rotatable bonds is 4. The molecule has 0 unspecified atom stereocenters. The number of nitrogens with two attached hydrogens (primary N) is 2. The molecule has 0 radical (unpaired) electrons.